The van der Waals surface area contributed by atoms with Gasteiger partial charge in [0.25, 0.3) is 0 Å². The molecule has 0 fully saturated rings. The number of benzene rings is 1. The van der Waals surface area contributed by atoms with Gasteiger partial charge in [-0.3, -0.25) is 0 Å². The molecule has 2 aromatic rings. The molecule has 1 aromatic carbocycles. The smallest absolute Gasteiger partial charge is 0.129 e. The van der Waals surface area contributed by atoms with Gasteiger partial charge in [-0.05, 0) is 37.1 Å². The number of nitrogens with zero attached hydrogens (tertiary/aromatic N) is 1. The molecule has 3 heteroatoms. The molecule has 1 aliphatic heterocycles. The van der Waals surface area contributed by atoms with Gasteiger partial charge in [0.05, 0.1) is 5.52 Å². The van der Waals surface area contributed by atoms with E-state index >= 15 is 0 Å². The monoisotopic (exact) mass is 320 g/mol. The maximum Gasteiger partial charge on any atom is 0.129 e. The van der Waals surface area contributed by atoms with Crippen molar-refractivity contribution in [2.24, 2.45) is 0 Å². The van der Waals surface area contributed by atoms with Crippen LogP contribution in [0.3, 0.4) is 0 Å². The number of rotatable bonds is 0. The van der Waals surface area contributed by atoms with Crippen LogP contribution in [0.4, 0.5) is 5.82 Å². The molecule has 1 aromatic heterocycles. The van der Waals surface area contributed by atoms with Crippen LogP contribution in [-0.2, 0) is 6.42 Å². The summed E-state index contributed by atoms with van der Waals surface area (Å²) in [6.07, 6.45) is 2.84. The lowest BCUT2D eigenvalue weighted by atomic mass is 10.1. The van der Waals surface area contributed by atoms with E-state index in [1.807, 2.05) is 20.8 Å². The number of halogens is 1. The van der Waals surface area contributed by atoms with Gasteiger partial charge < -0.3 is 5.32 Å². The molecule has 2 heterocycles. The van der Waals surface area contributed by atoms with Crippen LogP contribution in [0.15, 0.2) is 41.4 Å². The summed E-state index contributed by atoms with van der Waals surface area (Å²) in [4.78, 5) is 4.58. The lowest BCUT2D eigenvalue weighted by Gasteiger charge is -2.02. The molecule has 1 aliphatic rings. The fourth-order valence-corrected chi connectivity index (χ4v) is 2.19. The Balaban J connectivity index is 0.000000321. The highest BCUT2D eigenvalue weighted by Crippen LogP contribution is 2.26. The topological polar surface area (TPSA) is 24.9 Å². The van der Waals surface area contributed by atoms with E-state index in [2.05, 4.69) is 57.1 Å². The third-order valence-corrected chi connectivity index (χ3v) is 3.04. The van der Waals surface area contributed by atoms with Gasteiger partial charge in [0.1, 0.15) is 5.82 Å². The van der Waals surface area contributed by atoms with Crippen LogP contribution in [0.1, 0.15) is 26.3 Å². The number of nitrogens with one attached hydrogen (secondary N) is 1. The highest BCUT2D eigenvalue weighted by molar-refractivity contribution is 9.10. The summed E-state index contributed by atoms with van der Waals surface area (Å²) in [5.41, 5.74) is 2.38. The molecule has 0 radical (unpaired) electrons. The molecule has 0 amide bonds. The number of fused-ring (bicyclic) bond motifs is 2. The molecule has 1 N–H and O–H groups in total. The molecule has 0 unspecified atom stereocenters. The average molecular weight is 321 g/mol. The molecular formula is C16H21BrN2. The maximum atomic E-state index is 4.58. The van der Waals surface area contributed by atoms with Gasteiger partial charge in [0.15, 0.2) is 0 Å². The lowest BCUT2D eigenvalue weighted by Crippen LogP contribution is -1.93. The number of pyridine rings is 1. The van der Waals surface area contributed by atoms with Crippen molar-refractivity contribution in [3.63, 3.8) is 0 Å². The number of hydrogen-bond acceptors (Lipinski definition) is 2. The van der Waals surface area contributed by atoms with Crippen LogP contribution in [0, 0.1) is 0 Å². The van der Waals surface area contributed by atoms with E-state index in [1.165, 1.54) is 10.9 Å². The molecule has 2 nitrogen and oxygen atoms in total. The van der Waals surface area contributed by atoms with Crippen molar-refractivity contribution >= 4 is 32.7 Å². The molecule has 102 valence electrons. The largest absolute Gasteiger partial charge is 0.369 e. The predicted molar refractivity (Wildman–Crippen MR) is 88.9 cm³/mol. The fraction of sp³-hybridized carbons (Fsp3) is 0.312. The van der Waals surface area contributed by atoms with Gasteiger partial charge in [-0.15, -0.1) is 6.58 Å². The van der Waals surface area contributed by atoms with E-state index in [1.54, 1.807) is 6.08 Å². The third kappa shape index (κ3) is 4.06. The van der Waals surface area contributed by atoms with E-state index in [9.17, 15) is 0 Å². The Kier molecular flexibility index (Phi) is 6.57. The zero-order valence-electron chi connectivity index (χ0n) is 11.8. The van der Waals surface area contributed by atoms with Crippen molar-refractivity contribution in [1.82, 2.24) is 4.98 Å². The second-order valence-electron chi connectivity index (χ2n) is 3.92. The van der Waals surface area contributed by atoms with Crippen LogP contribution in [-0.4, -0.2) is 11.5 Å². The van der Waals surface area contributed by atoms with Gasteiger partial charge in [-0.2, -0.15) is 0 Å². The SMILES string of the molecule is Brc1ccc2cc3c(nc2c1)NCC3.C=CC.CC. The first-order chi connectivity index (χ1) is 9.24. The van der Waals surface area contributed by atoms with Crippen molar-refractivity contribution < 1.29 is 0 Å². The van der Waals surface area contributed by atoms with Crippen molar-refractivity contribution in [3.8, 4) is 0 Å². The van der Waals surface area contributed by atoms with Gasteiger partial charge in [-0.1, -0.05) is 41.9 Å². The van der Waals surface area contributed by atoms with Gasteiger partial charge in [0, 0.05) is 16.4 Å². The lowest BCUT2D eigenvalue weighted by molar-refractivity contribution is 1.11. The van der Waals surface area contributed by atoms with Crippen LogP contribution in [0.5, 0.6) is 0 Å². The Morgan fingerprint density at radius 3 is 2.68 bits per heavy atom. The number of anilines is 1. The van der Waals surface area contributed by atoms with Gasteiger partial charge in [0.2, 0.25) is 0 Å². The molecule has 0 saturated carbocycles. The minimum absolute atomic E-state index is 1.01. The van der Waals surface area contributed by atoms with E-state index < -0.39 is 0 Å². The van der Waals surface area contributed by atoms with Crippen LogP contribution >= 0.6 is 15.9 Å². The first kappa shape index (κ1) is 15.7. The Hall–Kier alpha value is -1.35. The Bertz CT molecular complexity index is 550. The quantitative estimate of drug-likeness (QED) is 0.676. The molecule has 19 heavy (non-hydrogen) atoms. The first-order valence-electron chi connectivity index (χ1n) is 6.64. The molecule has 0 saturated heterocycles. The van der Waals surface area contributed by atoms with Crippen molar-refractivity contribution in [2.45, 2.75) is 27.2 Å². The fourth-order valence-electron chi connectivity index (χ4n) is 1.84. The van der Waals surface area contributed by atoms with E-state index in [0.717, 1.165) is 28.8 Å². The minimum Gasteiger partial charge on any atom is -0.369 e. The predicted octanol–water partition coefficient (Wildman–Crippen LogP) is 5.18. The van der Waals surface area contributed by atoms with Gasteiger partial charge in [-0.25, -0.2) is 4.98 Å². The second-order valence-corrected chi connectivity index (χ2v) is 4.83. The summed E-state index contributed by atoms with van der Waals surface area (Å²) in [6.45, 7) is 10.3. The minimum atomic E-state index is 1.01. The summed E-state index contributed by atoms with van der Waals surface area (Å²) in [6, 6.07) is 8.43. The van der Waals surface area contributed by atoms with E-state index in [0.29, 0.717) is 0 Å². The molecule has 0 aliphatic carbocycles. The summed E-state index contributed by atoms with van der Waals surface area (Å²) < 4.78 is 1.08. The average Bonchev–Trinajstić information content (AvgIpc) is 2.86. The molecular weight excluding hydrogens is 300 g/mol. The third-order valence-electron chi connectivity index (χ3n) is 2.55. The standard InChI is InChI=1S/C11H9BrN2.C3H6.C2H6/c12-9-2-1-7-5-8-3-4-13-11(8)14-10(7)6-9;1-3-2;1-2/h1-2,5-6H,3-4H2,(H,13,14);3H,1H2,2H3;1-2H3. The Morgan fingerprint density at radius 1 is 1.32 bits per heavy atom. The molecule has 0 atom stereocenters. The highest BCUT2D eigenvalue weighted by atomic mass is 79.9. The Labute approximate surface area is 124 Å². The van der Waals surface area contributed by atoms with E-state index in [4.69, 9.17) is 0 Å². The molecule has 0 bridgehead atoms. The second kappa shape index (κ2) is 7.95. The summed E-state index contributed by atoms with van der Waals surface area (Å²) in [7, 11) is 0. The summed E-state index contributed by atoms with van der Waals surface area (Å²) in [5, 5.41) is 4.50. The van der Waals surface area contributed by atoms with Crippen LogP contribution in [0.25, 0.3) is 10.9 Å². The van der Waals surface area contributed by atoms with Gasteiger partial charge >= 0.3 is 0 Å². The number of aromatic nitrogens is 1. The van der Waals surface area contributed by atoms with Crippen LogP contribution < -0.4 is 5.32 Å². The number of allylic oxidation sites excluding steroid dienone is 1. The van der Waals surface area contributed by atoms with Crippen molar-refractivity contribution in [3.05, 3.63) is 47.0 Å². The van der Waals surface area contributed by atoms with Crippen LogP contribution in [0.2, 0.25) is 0 Å². The zero-order chi connectivity index (χ0) is 14.3. The highest BCUT2D eigenvalue weighted by Gasteiger charge is 2.11. The number of hydrogen-bond donors (Lipinski definition) is 1. The normalized spacial score (nSPS) is 11.4. The Morgan fingerprint density at radius 2 is 2.00 bits per heavy atom. The van der Waals surface area contributed by atoms with E-state index in [-0.39, 0.29) is 0 Å². The molecule has 3 rings (SSSR count). The first-order valence-corrected chi connectivity index (χ1v) is 7.44. The maximum absolute atomic E-state index is 4.58. The van der Waals surface area contributed by atoms with Crippen molar-refractivity contribution in [1.29, 1.82) is 0 Å². The van der Waals surface area contributed by atoms with Crippen molar-refractivity contribution in [2.75, 3.05) is 11.9 Å². The molecule has 0 spiro atoms. The zero-order valence-corrected chi connectivity index (χ0v) is 13.4. The summed E-state index contributed by atoms with van der Waals surface area (Å²) >= 11 is 3.45. The summed E-state index contributed by atoms with van der Waals surface area (Å²) in [5.74, 6) is 1.05.